The predicted molar refractivity (Wildman–Crippen MR) is 120 cm³/mol. The predicted octanol–water partition coefficient (Wildman–Crippen LogP) is 3.60. The fourth-order valence-electron chi connectivity index (χ4n) is 4.42. The minimum absolute atomic E-state index is 0.0127. The SMILES string of the molecule is CC(ONC(=O)CC(NC(=O)OCC1c2ccccc2-c2ccccc21)C1CCC1)C(=O)O. The average Bonchev–Trinajstić information content (AvgIpc) is 3.08. The topological polar surface area (TPSA) is 114 Å². The zero-order valence-corrected chi connectivity index (χ0v) is 18.5. The van der Waals surface area contributed by atoms with E-state index in [0.29, 0.717) is 0 Å². The lowest BCUT2D eigenvalue weighted by atomic mass is 9.78. The Balaban J connectivity index is 1.35. The van der Waals surface area contributed by atoms with E-state index in [1.165, 1.54) is 6.92 Å². The van der Waals surface area contributed by atoms with Gasteiger partial charge in [-0.1, -0.05) is 55.0 Å². The molecule has 2 atom stereocenters. The lowest BCUT2D eigenvalue weighted by Crippen LogP contribution is -2.46. The van der Waals surface area contributed by atoms with Crippen molar-refractivity contribution in [2.45, 2.75) is 50.7 Å². The van der Waals surface area contributed by atoms with Gasteiger partial charge in [0.15, 0.2) is 6.10 Å². The van der Waals surface area contributed by atoms with Crippen LogP contribution in [0.15, 0.2) is 48.5 Å². The average molecular weight is 453 g/mol. The molecule has 2 aromatic carbocycles. The Labute approximate surface area is 192 Å². The maximum atomic E-state index is 12.6. The Morgan fingerprint density at radius 2 is 1.64 bits per heavy atom. The smallest absolute Gasteiger partial charge is 0.407 e. The number of rotatable bonds is 9. The number of ether oxygens (including phenoxy) is 1. The maximum Gasteiger partial charge on any atom is 0.407 e. The van der Waals surface area contributed by atoms with Crippen molar-refractivity contribution in [1.82, 2.24) is 10.8 Å². The van der Waals surface area contributed by atoms with E-state index in [-0.39, 0.29) is 24.9 Å². The van der Waals surface area contributed by atoms with Crippen molar-refractivity contribution in [3.8, 4) is 11.1 Å². The van der Waals surface area contributed by atoms with Crippen molar-refractivity contribution >= 4 is 18.0 Å². The molecule has 2 aliphatic carbocycles. The van der Waals surface area contributed by atoms with Crippen molar-refractivity contribution in [2.24, 2.45) is 5.92 Å². The number of hydrogen-bond acceptors (Lipinski definition) is 5. The zero-order chi connectivity index (χ0) is 23.4. The molecule has 0 aliphatic heterocycles. The zero-order valence-electron chi connectivity index (χ0n) is 18.5. The summed E-state index contributed by atoms with van der Waals surface area (Å²) in [5.74, 6) is -1.53. The van der Waals surface area contributed by atoms with E-state index >= 15 is 0 Å². The van der Waals surface area contributed by atoms with Crippen LogP contribution >= 0.6 is 0 Å². The summed E-state index contributed by atoms with van der Waals surface area (Å²) < 4.78 is 5.61. The Morgan fingerprint density at radius 3 is 2.18 bits per heavy atom. The van der Waals surface area contributed by atoms with E-state index in [2.05, 4.69) is 35.1 Å². The quantitative estimate of drug-likeness (QED) is 0.501. The van der Waals surface area contributed by atoms with Gasteiger partial charge in [-0.25, -0.2) is 15.1 Å². The number of carbonyl (C=O) groups is 3. The third kappa shape index (κ3) is 5.17. The van der Waals surface area contributed by atoms with Crippen LogP contribution in [0.1, 0.15) is 49.7 Å². The van der Waals surface area contributed by atoms with E-state index in [1.807, 2.05) is 24.3 Å². The first-order chi connectivity index (χ1) is 15.9. The molecule has 33 heavy (non-hydrogen) atoms. The van der Waals surface area contributed by atoms with Crippen LogP contribution in [-0.4, -0.2) is 41.8 Å². The van der Waals surface area contributed by atoms with Gasteiger partial charge < -0.3 is 15.2 Å². The maximum absolute atomic E-state index is 12.6. The van der Waals surface area contributed by atoms with E-state index in [9.17, 15) is 14.4 Å². The van der Waals surface area contributed by atoms with Gasteiger partial charge in [0, 0.05) is 18.4 Å². The summed E-state index contributed by atoms with van der Waals surface area (Å²) in [7, 11) is 0. The molecule has 3 N–H and O–H groups in total. The van der Waals surface area contributed by atoms with Crippen molar-refractivity contribution in [1.29, 1.82) is 0 Å². The molecule has 2 aliphatic rings. The van der Waals surface area contributed by atoms with Crippen molar-refractivity contribution in [2.75, 3.05) is 6.61 Å². The van der Waals surface area contributed by atoms with Gasteiger partial charge in [0.2, 0.25) is 5.91 Å². The van der Waals surface area contributed by atoms with Gasteiger partial charge in [0.1, 0.15) is 6.61 Å². The molecule has 0 bridgehead atoms. The number of nitrogens with one attached hydrogen (secondary N) is 2. The number of carboxylic acid groups (broad SMARTS) is 1. The van der Waals surface area contributed by atoms with Crippen LogP contribution in [0.3, 0.4) is 0 Å². The highest BCUT2D eigenvalue weighted by atomic mass is 16.7. The van der Waals surface area contributed by atoms with Gasteiger partial charge in [-0.3, -0.25) is 9.63 Å². The number of carboxylic acids is 1. The van der Waals surface area contributed by atoms with Crippen molar-refractivity contribution < 1.29 is 29.1 Å². The van der Waals surface area contributed by atoms with Gasteiger partial charge in [-0.2, -0.15) is 0 Å². The molecule has 0 spiro atoms. The summed E-state index contributed by atoms with van der Waals surface area (Å²) in [5, 5.41) is 11.7. The fraction of sp³-hybridized carbons (Fsp3) is 0.400. The number of carbonyl (C=O) groups excluding carboxylic acids is 2. The number of hydroxylamine groups is 1. The minimum atomic E-state index is -1.18. The van der Waals surface area contributed by atoms with E-state index in [0.717, 1.165) is 41.5 Å². The number of alkyl carbamates (subject to hydrolysis) is 1. The molecule has 1 saturated carbocycles. The second-order valence-electron chi connectivity index (χ2n) is 8.60. The van der Waals surface area contributed by atoms with Crippen LogP contribution in [0.5, 0.6) is 0 Å². The van der Waals surface area contributed by atoms with Gasteiger partial charge in [0.05, 0.1) is 0 Å². The molecule has 174 valence electrons. The first kappa shape index (κ1) is 22.8. The van der Waals surface area contributed by atoms with Crippen LogP contribution in [-0.2, 0) is 19.2 Å². The molecule has 2 unspecified atom stereocenters. The first-order valence-corrected chi connectivity index (χ1v) is 11.2. The lowest BCUT2D eigenvalue weighted by Gasteiger charge is -2.33. The number of fused-ring (bicyclic) bond motifs is 3. The Hall–Kier alpha value is -3.39. The molecule has 0 heterocycles. The second-order valence-corrected chi connectivity index (χ2v) is 8.60. The summed E-state index contributed by atoms with van der Waals surface area (Å²) in [6.07, 6.45) is 1.12. The number of hydrogen-bond donors (Lipinski definition) is 3. The molecule has 4 rings (SSSR count). The monoisotopic (exact) mass is 452 g/mol. The summed E-state index contributed by atoms with van der Waals surface area (Å²) in [5.41, 5.74) is 6.73. The molecule has 0 saturated heterocycles. The van der Waals surface area contributed by atoms with Crippen LogP contribution in [0.4, 0.5) is 4.79 Å². The molecule has 2 amide bonds. The van der Waals surface area contributed by atoms with Crippen molar-refractivity contribution in [3.05, 3.63) is 59.7 Å². The van der Waals surface area contributed by atoms with Crippen molar-refractivity contribution in [3.63, 3.8) is 0 Å². The molecule has 1 fully saturated rings. The third-order valence-electron chi connectivity index (χ3n) is 6.47. The summed E-state index contributed by atoms with van der Waals surface area (Å²) in [6.45, 7) is 1.52. The first-order valence-electron chi connectivity index (χ1n) is 11.2. The highest BCUT2D eigenvalue weighted by molar-refractivity contribution is 5.79. The highest BCUT2D eigenvalue weighted by Gasteiger charge is 2.32. The minimum Gasteiger partial charge on any atom is -0.479 e. The third-order valence-corrected chi connectivity index (χ3v) is 6.47. The molecule has 0 aromatic heterocycles. The Morgan fingerprint density at radius 1 is 1.03 bits per heavy atom. The van der Waals surface area contributed by atoms with Gasteiger partial charge in [0.25, 0.3) is 0 Å². The molecule has 8 nitrogen and oxygen atoms in total. The van der Waals surface area contributed by atoms with Gasteiger partial charge in [-0.05, 0) is 47.9 Å². The Kier molecular flexibility index (Phi) is 6.93. The van der Waals surface area contributed by atoms with E-state index in [4.69, 9.17) is 14.7 Å². The number of amides is 2. The fourth-order valence-corrected chi connectivity index (χ4v) is 4.42. The Bertz CT molecular complexity index is 990. The molecular formula is C25H28N2O6. The molecule has 0 radical (unpaired) electrons. The normalized spacial score (nSPS) is 16.6. The van der Waals surface area contributed by atoms with E-state index < -0.39 is 30.1 Å². The summed E-state index contributed by atoms with van der Waals surface area (Å²) in [6, 6.07) is 15.8. The van der Waals surface area contributed by atoms with Crippen LogP contribution in [0.2, 0.25) is 0 Å². The van der Waals surface area contributed by atoms with Gasteiger partial charge >= 0.3 is 12.1 Å². The van der Waals surface area contributed by atoms with Crippen LogP contribution in [0.25, 0.3) is 11.1 Å². The van der Waals surface area contributed by atoms with Crippen LogP contribution < -0.4 is 10.8 Å². The summed E-state index contributed by atoms with van der Waals surface area (Å²) in [4.78, 5) is 40.5. The standard InChI is InChI=1S/C25H28N2O6/c1-15(24(29)30)33-27-23(28)13-22(16-7-6-8-16)26-25(31)32-14-21-19-11-4-2-9-17(19)18-10-3-5-12-20(18)21/h2-5,9-12,15-16,21-22H,6-8,13-14H2,1H3,(H,26,31)(H,27,28)(H,29,30). The number of aliphatic carboxylic acids is 1. The van der Waals surface area contributed by atoms with Crippen LogP contribution in [0, 0.1) is 5.92 Å². The second kappa shape index (κ2) is 10.0. The summed E-state index contributed by atoms with van der Waals surface area (Å²) >= 11 is 0. The van der Waals surface area contributed by atoms with Gasteiger partial charge in [-0.15, -0.1) is 0 Å². The molecule has 2 aromatic rings. The molecule has 8 heteroatoms. The largest absolute Gasteiger partial charge is 0.479 e. The lowest BCUT2D eigenvalue weighted by molar-refractivity contribution is -0.159. The van der Waals surface area contributed by atoms with E-state index in [1.54, 1.807) is 0 Å². The highest BCUT2D eigenvalue weighted by Crippen LogP contribution is 2.44. The molecular weight excluding hydrogens is 424 g/mol. The number of benzene rings is 2.